The third kappa shape index (κ3) is 4.58. The molecule has 1 heterocycles. The number of fused-ring (bicyclic) bond motifs is 7. The van der Waals surface area contributed by atoms with Crippen LogP contribution in [0.1, 0.15) is 0 Å². The van der Waals surface area contributed by atoms with E-state index in [2.05, 4.69) is 182 Å². The molecule has 0 fully saturated rings. The number of hydrogen-bond donors (Lipinski definition) is 0. The summed E-state index contributed by atoms with van der Waals surface area (Å²) in [6, 6.07) is 66.9. The summed E-state index contributed by atoms with van der Waals surface area (Å²) in [5, 5.41) is 10.4. The molecule has 10 rings (SSSR count). The molecule has 0 aliphatic rings. The lowest BCUT2D eigenvalue weighted by Crippen LogP contribution is -1.91. The van der Waals surface area contributed by atoms with Crippen molar-refractivity contribution in [3.05, 3.63) is 182 Å². The highest BCUT2D eigenvalue weighted by atomic mass is 32.1. The number of hydrogen-bond acceptors (Lipinski definition) is 1. The highest BCUT2D eigenvalue weighted by Crippen LogP contribution is 2.45. The number of rotatable bonds is 4. The van der Waals surface area contributed by atoms with Crippen LogP contribution in [0.25, 0.3) is 97.0 Å². The van der Waals surface area contributed by atoms with Crippen molar-refractivity contribution in [2.75, 3.05) is 0 Å². The van der Waals surface area contributed by atoms with E-state index in [4.69, 9.17) is 0 Å². The van der Waals surface area contributed by atoms with E-state index in [1.165, 1.54) is 97.0 Å². The maximum atomic E-state index is 2.38. The van der Waals surface area contributed by atoms with Crippen molar-refractivity contribution in [3.8, 4) is 44.5 Å². The van der Waals surface area contributed by atoms with Crippen LogP contribution < -0.4 is 0 Å². The van der Waals surface area contributed by atoms with Crippen LogP contribution in [0.4, 0.5) is 0 Å². The second-order valence-corrected chi connectivity index (χ2v) is 13.9. The Balaban J connectivity index is 1.13. The molecule has 228 valence electrons. The van der Waals surface area contributed by atoms with Gasteiger partial charge in [-0.2, -0.15) is 0 Å². The average Bonchev–Trinajstić information content (AvgIpc) is 3.56. The SMILES string of the molecule is c1ccc(-c2ccc(-c3c4ccccc4c(-c4cccc(-c5ccc6c(c5)sc5c7ccccc7ccc65)c4)c4ccccc34)cc2)cc1. The minimum atomic E-state index is 1.23. The summed E-state index contributed by atoms with van der Waals surface area (Å²) < 4.78 is 2.69. The second kappa shape index (κ2) is 11.3. The van der Waals surface area contributed by atoms with Crippen LogP contribution in [0.2, 0.25) is 0 Å². The number of thiophene rings is 1. The van der Waals surface area contributed by atoms with Crippen molar-refractivity contribution >= 4 is 63.8 Å². The van der Waals surface area contributed by atoms with Crippen LogP contribution in [0.15, 0.2) is 182 Å². The fourth-order valence-electron chi connectivity index (χ4n) is 7.75. The highest BCUT2D eigenvalue weighted by Gasteiger charge is 2.17. The van der Waals surface area contributed by atoms with E-state index in [0.717, 1.165) is 0 Å². The molecule has 0 nitrogen and oxygen atoms in total. The monoisotopic (exact) mass is 638 g/mol. The Hall–Kier alpha value is -6.02. The van der Waals surface area contributed by atoms with Gasteiger partial charge in [0.2, 0.25) is 0 Å². The molecule has 0 unspecified atom stereocenters. The topological polar surface area (TPSA) is 0 Å². The lowest BCUT2D eigenvalue weighted by atomic mass is 9.85. The summed E-state index contributed by atoms with van der Waals surface area (Å²) in [7, 11) is 0. The van der Waals surface area contributed by atoms with Gasteiger partial charge in [0.05, 0.1) is 0 Å². The quantitative estimate of drug-likeness (QED) is 0.168. The van der Waals surface area contributed by atoms with Gasteiger partial charge in [0.15, 0.2) is 0 Å². The standard InChI is InChI=1S/C48H30S/c1-2-11-31(12-3-1)32-21-23-34(24-22-32)46-40-17-6-8-19-42(40)47(43-20-9-7-18-41(43)46)37-15-10-14-35(29-37)36-26-27-39-44-28-25-33-13-4-5-16-38(33)48(44)49-45(39)30-36/h1-30H. The molecule has 9 aromatic carbocycles. The van der Waals surface area contributed by atoms with Crippen LogP contribution in [0, 0.1) is 0 Å². The Kier molecular flexibility index (Phi) is 6.47. The summed E-state index contributed by atoms with van der Waals surface area (Å²) in [6.45, 7) is 0. The van der Waals surface area contributed by atoms with Gasteiger partial charge in [-0.05, 0) is 89.0 Å². The van der Waals surface area contributed by atoms with Crippen LogP contribution in [0.3, 0.4) is 0 Å². The smallest absolute Gasteiger partial charge is 0.0433 e. The molecule has 49 heavy (non-hydrogen) atoms. The zero-order valence-electron chi connectivity index (χ0n) is 26.7. The van der Waals surface area contributed by atoms with Crippen molar-refractivity contribution < 1.29 is 0 Å². The summed E-state index contributed by atoms with van der Waals surface area (Å²) in [5.41, 5.74) is 9.98. The molecular weight excluding hydrogens is 609 g/mol. The van der Waals surface area contributed by atoms with E-state index in [1.807, 2.05) is 11.3 Å². The van der Waals surface area contributed by atoms with Gasteiger partial charge in [-0.25, -0.2) is 0 Å². The molecule has 0 amide bonds. The number of benzene rings is 9. The summed E-state index contributed by atoms with van der Waals surface area (Å²) in [5.74, 6) is 0. The predicted molar refractivity (Wildman–Crippen MR) is 214 cm³/mol. The largest absolute Gasteiger partial charge is 0.135 e. The van der Waals surface area contributed by atoms with Crippen molar-refractivity contribution in [2.45, 2.75) is 0 Å². The maximum Gasteiger partial charge on any atom is 0.0433 e. The van der Waals surface area contributed by atoms with Gasteiger partial charge in [-0.3, -0.25) is 0 Å². The molecule has 0 radical (unpaired) electrons. The summed E-state index contributed by atoms with van der Waals surface area (Å²) in [4.78, 5) is 0. The molecule has 0 bridgehead atoms. The Morgan fingerprint density at radius 2 is 0.755 bits per heavy atom. The molecule has 0 spiro atoms. The first-order chi connectivity index (χ1) is 24.3. The van der Waals surface area contributed by atoms with Crippen molar-refractivity contribution in [2.24, 2.45) is 0 Å². The molecule has 10 aromatic rings. The molecule has 0 N–H and O–H groups in total. The van der Waals surface area contributed by atoms with Gasteiger partial charge < -0.3 is 0 Å². The summed E-state index contributed by atoms with van der Waals surface area (Å²) >= 11 is 1.90. The first-order valence-electron chi connectivity index (χ1n) is 16.8. The normalized spacial score (nSPS) is 11.7. The minimum Gasteiger partial charge on any atom is -0.135 e. The van der Waals surface area contributed by atoms with Crippen molar-refractivity contribution in [1.29, 1.82) is 0 Å². The molecule has 0 aliphatic heterocycles. The van der Waals surface area contributed by atoms with Crippen LogP contribution in [-0.4, -0.2) is 0 Å². The van der Waals surface area contributed by atoms with Crippen LogP contribution in [-0.2, 0) is 0 Å². The van der Waals surface area contributed by atoms with E-state index in [9.17, 15) is 0 Å². The van der Waals surface area contributed by atoms with E-state index >= 15 is 0 Å². The first-order valence-corrected chi connectivity index (χ1v) is 17.7. The van der Waals surface area contributed by atoms with Crippen molar-refractivity contribution in [3.63, 3.8) is 0 Å². The van der Waals surface area contributed by atoms with Gasteiger partial charge in [0.25, 0.3) is 0 Å². The molecular formula is C48H30S. The van der Waals surface area contributed by atoms with E-state index in [0.29, 0.717) is 0 Å². The van der Waals surface area contributed by atoms with Crippen LogP contribution >= 0.6 is 11.3 Å². The first kappa shape index (κ1) is 28.0. The van der Waals surface area contributed by atoms with E-state index in [1.54, 1.807) is 0 Å². The van der Waals surface area contributed by atoms with Gasteiger partial charge in [0.1, 0.15) is 0 Å². The molecule has 1 heteroatoms. The molecule has 0 saturated carbocycles. The minimum absolute atomic E-state index is 1.23. The fraction of sp³-hybridized carbons (Fsp3) is 0. The lowest BCUT2D eigenvalue weighted by Gasteiger charge is -2.18. The van der Waals surface area contributed by atoms with Gasteiger partial charge in [-0.1, -0.05) is 170 Å². The molecule has 0 saturated heterocycles. The molecule has 0 aliphatic carbocycles. The van der Waals surface area contributed by atoms with Gasteiger partial charge in [0, 0.05) is 20.2 Å². The Labute approximate surface area is 289 Å². The fourth-order valence-corrected chi connectivity index (χ4v) is 9.03. The predicted octanol–water partition coefficient (Wildman–Crippen LogP) is 14.2. The van der Waals surface area contributed by atoms with E-state index < -0.39 is 0 Å². The van der Waals surface area contributed by atoms with Gasteiger partial charge in [-0.15, -0.1) is 11.3 Å². The Bertz CT molecular complexity index is 2800. The highest BCUT2D eigenvalue weighted by molar-refractivity contribution is 7.26. The third-order valence-electron chi connectivity index (χ3n) is 10.1. The van der Waals surface area contributed by atoms with E-state index in [-0.39, 0.29) is 0 Å². The summed E-state index contributed by atoms with van der Waals surface area (Å²) in [6.07, 6.45) is 0. The third-order valence-corrected chi connectivity index (χ3v) is 11.3. The Morgan fingerprint density at radius 1 is 0.265 bits per heavy atom. The Morgan fingerprint density at radius 3 is 1.47 bits per heavy atom. The zero-order valence-corrected chi connectivity index (χ0v) is 27.5. The zero-order chi connectivity index (χ0) is 32.3. The van der Waals surface area contributed by atoms with Gasteiger partial charge >= 0.3 is 0 Å². The lowest BCUT2D eigenvalue weighted by molar-refractivity contribution is 1.61. The molecule has 0 atom stereocenters. The molecule has 1 aromatic heterocycles. The average molecular weight is 639 g/mol. The van der Waals surface area contributed by atoms with Crippen LogP contribution in [0.5, 0.6) is 0 Å². The maximum absolute atomic E-state index is 2.38. The second-order valence-electron chi connectivity index (χ2n) is 12.8. The van der Waals surface area contributed by atoms with Crippen molar-refractivity contribution in [1.82, 2.24) is 0 Å².